The highest BCUT2D eigenvalue weighted by atomic mass is 35.5. The molecule has 13 heavy (non-hydrogen) atoms. The van der Waals surface area contributed by atoms with Crippen molar-refractivity contribution < 1.29 is 4.79 Å². The fourth-order valence-electron chi connectivity index (χ4n) is 0.806. The molecule has 0 atom stereocenters. The van der Waals surface area contributed by atoms with E-state index in [0.29, 0.717) is 15.7 Å². The average Bonchev–Trinajstić information content (AvgIpc) is 2.08. The molecule has 0 spiro atoms. The standard InChI is InChI=1S/C8H6Cl3NO/c1-5(13)12(11)8-4-6(9)2-3-7(8)10/h2-4H,1H3. The first kappa shape index (κ1) is 10.6. The van der Waals surface area contributed by atoms with Crippen molar-refractivity contribution in [2.45, 2.75) is 6.92 Å². The van der Waals surface area contributed by atoms with Gasteiger partial charge in [0.2, 0.25) is 5.91 Å². The van der Waals surface area contributed by atoms with Crippen molar-refractivity contribution in [2.75, 3.05) is 4.42 Å². The minimum absolute atomic E-state index is 0.314. The summed E-state index contributed by atoms with van der Waals surface area (Å²) in [5.74, 6) is -0.314. The maximum atomic E-state index is 10.9. The third-order valence-corrected chi connectivity index (χ3v) is 2.37. The number of carbonyl (C=O) groups excluding carboxylic acids is 1. The molecule has 0 radical (unpaired) electrons. The molecule has 1 aromatic rings. The van der Waals surface area contributed by atoms with Gasteiger partial charge in [-0.2, -0.15) is 0 Å². The Bertz CT molecular complexity index is 340. The molecule has 0 aliphatic rings. The van der Waals surface area contributed by atoms with Crippen molar-refractivity contribution in [3.63, 3.8) is 0 Å². The van der Waals surface area contributed by atoms with Gasteiger partial charge in [0.05, 0.1) is 10.7 Å². The molecule has 0 aromatic heterocycles. The lowest BCUT2D eigenvalue weighted by Gasteiger charge is -2.12. The van der Waals surface area contributed by atoms with Crippen molar-refractivity contribution in [1.29, 1.82) is 0 Å². The van der Waals surface area contributed by atoms with Gasteiger partial charge in [0.1, 0.15) is 0 Å². The summed E-state index contributed by atoms with van der Waals surface area (Å²) in [4.78, 5) is 10.9. The number of halogens is 3. The Kier molecular flexibility index (Phi) is 3.42. The largest absolute Gasteiger partial charge is 0.274 e. The van der Waals surface area contributed by atoms with E-state index in [1.807, 2.05) is 0 Å². The first-order chi connectivity index (χ1) is 6.02. The number of hydrogen-bond acceptors (Lipinski definition) is 1. The van der Waals surface area contributed by atoms with Gasteiger partial charge >= 0.3 is 0 Å². The molecule has 2 nitrogen and oxygen atoms in total. The molecule has 0 saturated carbocycles. The number of rotatable bonds is 1. The molecule has 0 saturated heterocycles. The van der Waals surface area contributed by atoms with E-state index in [2.05, 4.69) is 0 Å². The minimum Gasteiger partial charge on any atom is -0.274 e. The second-order valence-corrected chi connectivity index (χ2v) is 3.58. The van der Waals surface area contributed by atoms with Gasteiger partial charge in [0.15, 0.2) is 0 Å². The van der Waals surface area contributed by atoms with E-state index in [-0.39, 0.29) is 5.91 Å². The van der Waals surface area contributed by atoms with Crippen LogP contribution in [0.5, 0.6) is 0 Å². The Morgan fingerprint density at radius 3 is 2.54 bits per heavy atom. The summed E-state index contributed by atoms with van der Waals surface area (Å²) in [5, 5.41) is 0.862. The monoisotopic (exact) mass is 237 g/mol. The quantitative estimate of drug-likeness (QED) is 0.686. The molecular formula is C8H6Cl3NO. The van der Waals surface area contributed by atoms with Crippen LogP contribution in [-0.4, -0.2) is 5.91 Å². The maximum Gasteiger partial charge on any atom is 0.238 e. The fraction of sp³-hybridized carbons (Fsp3) is 0.125. The zero-order valence-corrected chi connectivity index (χ0v) is 8.99. The average molecular weight is 239 g/mol. The predicted molar refractivity (Wildman–Crippen MR) is 55.5 cm³/mol. The van der Waals surface area contributed by atoms with Gasteiger partial charge in [-0.25, -0.2) is 4.42 Å². The highest BCUT2D eigenvalue weighted by molar-refractivity contribution is 6.42. The number of benzene rings is 1. The van der Waals surface area contributed by atoms with Crippen molar-refractivity contribution in [3.05, 3.63) is 28.2 Å². The van der Waals surface area contributed by atoms with Crippen LogP contribution in [-0.2, 0) is 4.79 Å². The Labute approximate surface area is 91.1 Å². The molecular weight excluding hydrogens is 232 g/mol. The van der Waals surface area contributed by atoms with Crippen LogP contribution in [0.4, 0.5) is 5.69 Å². The first-order valence-corrected chi connectivity index (χ1v) is 4.53. The molecule has 70 valence electrons. The minimum atomic E-state index is -0.314. The van der Waals surface area contributed by atoms with Crippen molar-refractivity contribution in [1.82, 2.24) is 0 Å². The van der Waals surface area contributed by atoms with Crippen LogP contribution in [0.3, 0.4) is 0 Å². The molecule has 1 amide bonds. The van der Waals surface area contributed by atoms with Crippen LogP contribution in [0.2, 0.25) is 10.0 Å². The highest BCUT2D eigenvalue weighted by Crippen LogP contribution is 2.30. The van der Waals surface area contributed by atoms with E-state index >= 15 is 0 Å². The lowest BCUT2D eigenvalue weighted by Crippen LogP contribution is -2.16. The third-order valence-electron chi connectivity index (χ3n) is 1.40. The van der Waals surface area contributed by atoms with Crippen LogP contribution < -0.4 is 4.42 Å². The van der Waals surface area contributed by atoms with Gasteiger partial charge in [0, 0.05) is 23.7 Å². The molecule has 0 N–H and O–H groups in total. The Morgan fingerprint density at radius 1 is 1.38 bits per heavy atom. The topological polar surface area (TPSA) is 20.3 Å². The maximum absolute atomic E-state index is 10.9. The predicted octanol–water partition coefficient (Wildman–Crippen LogP) is 3.50. The van der Waals surface area contributed by atoms with Crippen molar-refractivity contribution in [3.8, 4) is 0 Å². The molecule has 0 fully saturated rings. The van der Waals surface area contributed by atoms with Crippen molar-refractivity contribution in [2.24, 2.45) is 0 Å². The normalized spacial score (nSPS) is 9.85. The highest BCUT2D eigenvalue weighted by Gasteiger charge is 2.12. The van der Waals surface area contributed by atoms with Crippen LogP contribution in [0.25, 0.3) is 0 Å². The van der Waals surface area contributed by atoms with Crippen molar-refractivity contribution >= 4 is 46.6 Å². The second-order valence-electron chi connectivity index (χ2n) is 2.40. The molecule has 5 heteroatoms. The summed E-state index contributed by atoms with van der Waals surface area (Å²) < 4.78 is 0.925. The first-order valence-electron chi connectivity index (χ1n) is 3.44. The molecule has 0 unspecified atom stereocenters. The van der Waals surface area contributed by atoms with E-state index in [1.165, 1.54) is 13.0 Å². The summed E-state index contributed by atoms with van der Waals surface area (Å²) in [7, 11) is 0. The van der Waals surface area contributed by atoms with Crippen LogP contribution in [0, 0.1) is 0 Å². The van der Waals surface area contributed by atoms with Gasteiger partial charge < -0.3 is 0 Å². The van der Waals surface area contributed by atoms with E-state index in [4.69, 9.17) is 35.0 Å². The van der Waals surface area contributed by atoms with E-state index in [9.17, 15) is 4.79 Å². The number of carbonyl (C=O) groups is 1. The molecule has 0 bridgehead atoms. The van der Waals surface area contributed by atoms with Gasteiger partial charge in [0.25, 0.3) is 0 Å². The Morgan fingerprint density at radius 2 is 2.00 bits per heavy atom. The summed E-state index contributed by atoms with van der Waals surface area (Å²) in [6.07, 6.45) is 0. The molecule has 0 aliphatic heterocycles. The van der Waals surface area contributed by atoms with Gasteiger partial charge in [-0.3, -0.25) is 4.79 Å². The van der Waals surface area contributed by atoms with Crippen LogP contribution in [0.15, 0.2) is 18.2 Å². The number of anilines is 1. The number of nitrogens with zero attached hydrogens (tertiary/aromatic N) is 1. The number of amides is 1. The zero-order chi connectivity index (χ0) is 10.0. The Balaban J connectivity index is 3.12. The SMILES string of the molecule is CC(=O)N(Cl)c1cc(Cl)ccc1Cl. The second kappa shape index (κ2) is 4.18. The molecule has 1 rings (SSSR count). The lowest BCUT2D eigenvalue weighted by molar-refractivity contribution is -0.115. The van der Waals surface area contributed by atoms with Crippen LogP contribution in [0.1, 0.15) is 6.92 Å². The summed E-state index contributed by atoms with van der Waals surface area (Å²) in [5.41, 5.74) is 0.392. The number of hydrogen-bond donors (Lipinski definition) is 0. The van der Waals surface area contributed by atoms with E-state index in [0.717, 1.165) is 4.42 Å². The van der Waals surface area contributed by atoms with Gasteiger partial charge in [-0.05, 0) is 18.2 Å². The molecule has 0 aliphatic carbocycles. The van der Waals surface area contributed by atoms with Gasteiger partial charge in [-0.1, -0.05) is 23.2 Å². The molecule has 0 heterocycles. The van der Waals surface area contributed by atoms with E-state index in [1.54, 1.807) is 12.1 Å². The van der Waals surface area contributed by atoms with E-state index < -0.39 is 0 Å². The smallest absolute Gasteiger partial charge is 0.238 e. The Hall–Kier alpha value is -0.440. The van der Waals surface area contributed by atoms with Crippen LogP contribution >= 0.6 is 35.0 Å². The summed E-state index contributed by atoms with van der Waals surface area (Å²) >= 11 is 17.2. The third kappa shape index (κ3) is 2.50. The zero-order valence-electron chi connectivity index (χ0n) is 6.72. The van der Waals surface area contributed by atoms with Gasteiger partial charge in [-0.15, -0.1) is 0 Å². The summed E-state index contributed by atoms with van der Waals surface area (Å²) in [6.45, 7) is 1.34. The molecule has 1 aromatic carbocycles. The summed E-state index contributed by atoms with van der Waals surface area (Å²) in [6, 6.07) is 4.73. The lowest BCUT2D eigenvalue weighted by atomic mass is 10.3. The fourth-order valence-corrected chi connectivity index (χ4v) is 1.36.